The van der Waals surface area contributed by atoms with Gasteiger partial charge in [0.15, 0.2) is 0 Å². The number of nitrogens with two attached hydrogens (primary N) is 1. The highest BCUT2D eigenvalue weighted by atomic mass is 79.9. The molecule has 1 rings (SSSR count). The molecule has 1 heterocycles. The summed E-state index contributed by atoms with van der Waals surface area (Å²) in [5.74, 6) is 0.656. The lowest BCUT2D eigenvalue weighted by Gasteiger charge is -1.91. The van der Waals surface area contributed by atoms with Gasteiger partial charge in [0.2, 0.25) is 0 Å². The molecule has 0 aromatic rings. The normalized spacial score (nSPS) is 18.8. The molecule has 0 aromatic heterocycles. The average Bonchev–Trinajstić information content (AvgIpc) is 2.13. The van der Waals surface area contributed by atoms with Gasteiger partial charge in [0.25, 0.3) is 5.91 Å². The third-order valence-electron chi connectivity index (χ3n) is 1.04. The summed E-state index contributed by atoms with van der Waals surface area (Å²) < 4.78 is 0.958. The van der Waals surface area contributed by atoms with Crippen molar-refractivity contribution in [3.8, 4) is 0 Å². The van der Waals surface area contributed by atoms with Crippen molar-refractivity contribution in [1.29, 1.82) is 0 Å². The molecule has 2 nitrogen and oxygen atoms in total. The van der Waals surface area contributed by atoms with E-state index in [1.54, 1.807) is 0 Å². The third kappa shape index (κ3) is 1.49. The van der Waals surface area contributed by atoms with Crippen molar-refractivity contribution in [1.82, 2.24) is 0 Å². The Balaban J connectivity index is 2.78. The monoisotopic (exact) mass is 207 g/mol. The molecule has 0 saturated carbocycles. The molecule has 1 amide bonds. The molecule has 9 heavy (non-hydrogen) atoms. The topological polar surface area (TPSA) is 43.1 Å². The van der Waals surface area contributed by atoms with Gasteiger partial charge in [-0.3, -0.25) is 4.79 Å². The van der Waals surface area contributed by atoms with E-state index >= 15 is 0 Å². The lowest BCUT2D eigenvalue weighted by atomic mass is 10.4. The minimum Gasteiger partial charge on any atom is -0.365 e. The molecule has 2 N–H and O–H groups in total. The summed E-state index contributed by atoms with van der Waals surface area (Å²) in [4.78, 5) is 11.2. The molecule has 0 radical (unpaired) electrons. The molecule has 0 unspecified atom stereocenters. The van der Waals surface area contributed by atoms with Gasteiger partial charge in [0, 0.05) is 10.2 Å². The SMILES string of the molecule is NC(=O)C1=C(Br)CCS1. The average molecular weight is 208 g/mol. The molecular formula is C5H6BrNOS. The molecule has 0 fully saturated rings. The molecule has 0 atom stereocenters. The van der Waals surface area contributed by atoms with Crippen molar-refractivity contribution >= 4 is 33.6 Å². The van der Waals surface area contributed by atoms with Crippen LogP contribution in [-0.4, -0.2) is 11.7 Å². The minimum absolute atomic E-state index is 0.315. The van der Waals surface area contributed by atoms with Crippen LogP contribution in [0, 0.1) is 0 Å². The van der Waals surface area contributed by atoms with Crippen molar-refractivity contribution in [2.45, 2.75) is 6.42 Å². The van der Waals surface area contributed by atoms with Gasteiger partial charge in [0.1, 0.15) is 0 Å². The summed E-state index contributed by atoms with van der Waals surface area (Å²) in [5.41, 5.74) is 5.04. The molecule has 0 aliphatic carbocycles. The van der Waals surface area contributed by atoms with Gasteiger partial charge in [-0.2, -0.15) is 0 Å². The van der Waals surface area contributed by atoms with Crippen LogP contribution in [0.15, 0.2) is 9.39 Å². The standard InChI is InChI=1S/C5H6BrNOS/c6-3-1-2-9-4(3)5(7)8/h1-2H2,(H2,7,8). The number of carbonyl (C=O) groups excluding carboxylic acids is 1. The Labute approximate surface area is 66.0 Å². The summed E-state index contributed by atoms with van der Waals surface area (Å²) in [6.45, 7) is 0. The Morgan fingerprint density at radius 2 is 2.44 bits per heavy atom. The number of thioether (sulfide) groups is 1. The van der Waals surface area contributed by atoms with Crippen LogP contribution in [0.3, 0.4) is 0 Å². The largest absolute Gasteiger partial charge is 0.365 e. The summed E-state index contributed by atoms with van der Waals surface area (Å²) in [5, 5.41) is 0. The number of primary amides is 1. The molecule has 0 saturated heterocycles. The maximum Gasteiger partial charge on any atom is 0.255 e. The van der Waals surface area contributed by atoms with E-state index < -0.39 is 0 Å². The second-order valence-corrected chi connectivity index (χ2v) is 3.76. The number of hydrogen-bond donors (Lipinski definition) is 1. The number of amides is 1. The van der Waals surface area contributed by atoms with Crippen LogP contribution < -0.4 is 5.73 Å². The van der Waals surface area contributed by atoms with E-state index in [2.05, 4.69) is 15.9 Å². The highest BCUT2D eigenvalue weighted by molar-refractivity contribution is 9.11. The summed E-state index contributed by atoms with van der Waals surface area (Å²) in [7, 11) is 0. The van der Waals surface area contributed by atoms with Gasteiger partial charge in [0.05, 0.1) is 4.91 Å². The van der Waals surface area contributed by atoms with E-state index in [1.165, 1.54) is 11.8 Å². The maximum absolute atomic E-state index is 10.5. The Hall–Kier alpha value is 0.0400. The second kappa shape index (κ2) is 2.75. The third-order valence-corrected chi connectivity index (χ3v) is 3.24. The number of rotatable bonds is 1. The Kier molecular flexibility index (Phi) is 2.18. The lowest BCUT2D eigenvalue weighted by Crippen LogP contribution is -2.10. The van der Waals surface area contributed by atoms with Crippen molar-refractivity contribution < 1.29 is 4.79 Å². The van der Waals surface area contributed by atoms with Crippen LogP contribution in [-0.2, 0) is 4.79 Å². The first-order chi connectivity index (χ1) is 4.22. The summed E-state index contributed by atoms with van der Waals surface area (Å²) in [6.07, 6.45) is 0.933. The molecular weight excluding hydrogens is 202 g/mol. The van der Waals surface area contributed by atoms with Gasteiger partial charge in [-0.1, -0.05) is 15.9 Å². The summed E-state index contributed by atoms with van der Waals surface area (Å²) in [6, 6.07) is 0. The Morgan fingerprint density at radius 3 is 2.67 bits per heavy atom. The molecule has 0 bridgehead atoms. The second-order valence-electron chi connectivity index (χ2n) is 1.70. The van der Waals surface area contributed by atoms with E-state index in [0.717, 1.165) is 16.7 Å². The predicted octanol–water partition coefficient (Wildman–Crippen LogP) is 1.22. The van der Waals surface area contributed by atoms with Crippen molar-refractivity contribution in [2.75, 3.05) is 5.75 Å². The summed E-state index contributed by atoms with van der Waals surface area (Å²) >= 11 is 4.78. The van der Waals surface area contributed by atoms with Crippen molar-refractivity contribution in [3.05, 3.63) is 9.39 Å². The smallest absolute Gasteiger partial charge is 0.255 e. The highest BCUT2D eigenvalue weighted by Crippen LogP contribution is 2.34. The quantitative estimate of drug-likeness (QED) is 0.703. The van der Waals surface area contributed by atoms with Gasteiger partial charge in [-0.05, 0) is 6.42 Å². The van der Waals surface area contributed by atoms with Crippen molar-refractivity contribution in [3.63, 3.8) is 0 Å². The Bertz CT molecular complexity index is 178. The fourth-order valence-corrected chi connectivity index (χ4v) is 2.55. The van der Waals surface area contributed by atoms with E-state index in [1.807, 2.05) is 0 Å². The number of allylic oxidation sites excluding steroid dienone is 1. The highest BCUT2D eigenvalue weighted by Gasteiger charge is 2.16. The fraction of sp³-hybridized carbons (Fsp3) is 0.400. The zero-order chi connectivity index (χ0) is 6.85. The first kappa shape index (κ1) is 7.15. The van der Waals surface area contributed by atoms with Crippen LogP contribution in [0.5, 0.6) is 0 Å². The van der Waals surface area contributed by atoms with E-state index in [9.17, 15) is 4.79 Å². The van der Waals surface area contributed by atoms with E-state index in [-0.39, 0.29) is 5.91 Å². The van der Waals surface area contributed by atoms with Gasteiger partial charge < -0.3 is 5.73 Å². The molecule has 0 aromatic carbocycles. The maximum atomic E-state index is 10.5. The molecule has 1 aliphatic rings. The van der Waals surface area contributed by atoms with Gasteiger partial charge in [-0.15, -0.1) is 11.8 Å². The van der Waals surface area contributed by atoms with Crippen LogP contribution in [0.2, 0.25) is 0 Å². The van der Waals surface area contributed by atoms with Crippen LogP contribution in [0.1, 0.15) is 6.42 Å². The zero-order valence-electron chi connectivity index (χ0n) is 4.69. The lowest BCUT2D eigenvalue weighted by molar-refractivity contribution is -0.113. The van der Waals surface area contributed by atoms with E-state index in [4.69, 9.17) is 5.73 Å². The minimum atomic E-state index is -0.315. The number of carbonyl (C=O) groups is 1. The van der Waals surface area contributed by atoms with Gasteiger partial charge >= 0.3 is 0 Å². The zero-order valence-corrected chi connectivity index (χ0v) is 7.09. The molecule has 4 heteroatoms. The number of hydrogen-bond acceptors (Lipinski definition) is 2. The first-order valence-electron chi connectivity index (χ1n) is 2.53. The molecule has 0 spiro atoms. The van der Waals surface area contributed by atoms with Crippen molar-refractivity contribution in [2.24, 2.45) is 5.73 Å². The number of halogens is 1. The predicted molar refractivity (Wildman–Crippen MR) is 42.2 cm³/mol. The first-order valence-corrected chi connectivity index (χ1v) is 4.31. The van der Waals surface area contributed by atoms with E-state index in [0.29, 0.717) is 4.91 Å². The molecule has 1 aliphatic heterocycles. The molecule has 50 valence electrons. The van der Waals surface area contributed by atoms with Crippen LogP contribution >= 0.6 is 27.7 Å². The fourth-order valence-electron chi connectivity index (χ4n) is 0.639. The Morgan fingerprint density at radius 1 is 1.78 bits per heavy atom. The van der Waals surface area contributed by atoms with Gasteiger partial charge in [-0.25, -0.2) is 0 Å². The van der Waals surface area contributed by atoms with Crippen LogP contribution in [0.4, 0.5) is 0 Å². The van der Waals surface area contributed by atoms with Crippen LogP contribution in [0.25, 0.3) is 0 Å².